The summed E-state index contributed by atoms with van der Waals surface area (Å²) in [4.78, 5) is 23.5. The molecular formula is C13H15ClO5. The smallest absolute Gasteiger partial charge is 0.379 e. The Hall–Kier alpha value is -1.75. The number of rotatable bonds is 5. The molecule has 104 valence electrons. The molecule has 0 spiro atoms. The lowest BCUT2D eigenvalue weighted by atomic mass is 10.1. The van der Waals surface area contributed by atoms with Gasteiger partial charge in [-0.05, 0) is 19.9 Å². The number of esters is 1. The maximum atomic E-state index is 12.0. The number of Topliss-reactive ketones (excluding diaryl/α,β-unsaturated/α-hetero) is 1. The predicted molar refractivity (Wildman–Crippen MR) is 70.3 cm³/mol. The van der Waals surface area contributed by atoms with Crippen LogP contribution < -0.4 is 9.47 Å². The fourth-order valence-electron chi connectivity index (χ4n) is 1.59. The van der Waals surface area contributed by atoms with Gasteiger partial charge in [-0.2, -0.15) is 0 Å². The molecule has 0 saturated heterocycles. The molecule has 0 aromatic heterocycles. The van der Waals surface area contributed by atoms with E-state index in [2.05, 4.69) is 4.74 Å². The van der Waals surface area contributed by atoms with Gasteiger partial charge in [-0.3, -0.25) is 4.79 Å². The van der Waals surface area contributed by atoms with Crippen molar-refractivity contribution in [2.45, 2.75) is 13.8 Å². The van der Waals surface area contributed by atoms with Gasteiger partial charge in [0.15, 0.2) is 0 Å². The molecule has 1 aromatic rings. The summed E-state index contributed by atoms with van der Waals surface area (Å²) in [5, 5.41) is 0.231. The zero-order valence-electron chi connectivity index (χ0n) is 11.2. The lowest BCUT2D eigenvalue weighted by Gasteiger charge is -2.14. The minimum Gasteiger partial charge on any atom is -0.496 e. The summed E-state index contributed by atoms with van der Waals surface area (Å²) in [5.41, 5.74) is 0.648. The van der Waals surface area contributed by atoms with Crippen molar-refractivity contribution < 1.29 is 23.8 Å². The van der Waals surface area contributed by atoms with Crippen LogP contribution in [-0.2, 0) is 9.53 Å². The summed E-state index contributed by atoms with van der Waals surface area (Å²) in [6.07, 6.45) is 0. The molecule has 0 fully saturated rings. The second kappa shape index (κ2) is 6.43. The van der Waals surface area contributed by atoms with Crippen LogP contribution in [0.1, 0.15) is 22.8 Å². The minimum atomic E-state index is -0.956. The van der Waals surface area contributed by atoms with Gasteiger partial charge >= 0.3 is 5.97 Å². The van der Waals surface area contributed by atoms with E-state index in [0.717, 1.165) is 0 Å². The van der Waals surface area contributed by atoms with Gasteiger partial charge in [-0.15, -0.1) is 0 Å². The molecule has 0 saturated carbocycles. The lowest BCUT2D eigenvalue weighted by molar-refractivity contribution is -0.137. The van der Waals surface area contributed by atoms with Crippen LogP contribution in [0, 0.1) is 6.92 Å². The maximum absolute atomic E-state index is 12.0. The van der Waals surface area contributed by atoms with Crippen molar-refractivity contribution in [3.05, 3.63) is 22.2 Å². The summed E-state index contributed by atoms with van der Waals surface area (Å²) in [6, 6.07) is 1.42. The molecule has 1 rings (SSSR count). The number of benzene rings is 1. The Morgan fingerprint density at radius 3 is 2.37 bits per heavy atom. The van der Waals surface area contributed by atoms with Crippen molar-refractivity contribution in [3.63, 3.8) is 0 Å². The highest BCUT2D eigenvalue weighted by atomic mass is 35.5. The molecule has 0 unspecified atom stereocenters. The molecule has 0 bridgehead atoms. The first-order chi connectivity index (χ1) is 8.97. The molecule has 0 N–H and O–H groups in total. The third-order valence-electron chi connectivity index (χ3n) is 2.55. The van der Waals surface area contributed by atoms with Crippen LogP contribution in [0.2, 0.25) is 5.02 Å². The number of methoxy groups -OCH3 is 2. The summed E-state index contributed by atoms with van der Waals surface area (Å²) < 4.78 is 14.9. The van der Waals surface area contributed by atoms with E-state index in [9.17, 15) is 9.59 Å². The van der Waals surface area contributed by atoms with Gasteiger partial charge in [0.25, 0.3) is 5.78 Å². The van der Waals surface area contributed by atoms with Crippen LogP contribution in [-0.4, -0.2) is 32.6 Å². The van der Waals surface area contributed by atoms with E-state index >= 15 is 0 Å². The van der Waals surface area contributed by atoms with Gasteiger partial charge in [0.05, 0.1) is 31.4 Å². The SMILES string of the molecule is CCOC(=O)C(=O)c1cc(OC)c(C)c(Cl)c1OC. The van der Waals surface area contributed by atoms with Crippen molar-refractivity contribution in [1.29, 1.82) is 0 Å². The average molecular weight is 287 g/mol. The molecule has 6 heteroatoms. The number of ether oxygens (including phenoxy) is 3. The quantitative estimate of drug-likeness (QED) is 0.472. The Kier molecular flexibility index (Phi) is 5.18. The molecular weight excluding hydrogens is 272 g/mol. The minimum absolute atomic E-state index is 0.0217. The number of ketones is 1. The van der Waals surface area contributed by atoms with Crippen molar-refractivity contribution in [1.82, 2.24) is 0 Å². The Labute approximate surface area is 116 Å². The van der Waals surface area contributed by atoms with E-state index in [4.69, 9.17) is 21.1 Å². The topological polar surface area (TPSA) is 61.8 Å². The van der Waals surface area contributed by atoms with Gasteiger partial charge < -0.3 is 14.2 Å². The van der Waals surface area contributed by atoms with E-state index in [-0.39, 0.29) is 22.9 Å². The summed E-state index contributed by atoms with van der Waals surface area (Å²) in [5.74, 6) is -1.24. The molecule has 0 atom stereocenters. The fourth-order valence-corrected chi connectivity index (χ4v) is 1.86. The van der Waals surface area contributed by atoms with Crippen LogP contribution in [0.15, 0.2) is 6.07 Å². The van der Waals surface area contributed by atoms with Crippen molar-refractivity contribution >= 4 is 23.4 Å². The van der Waals surface area contributed by atoms with Gasteiger partial charge in [-0.1, -0.05) is 11.6 Å². The highest BCUT2D eigenvalue weighted by Crippen LogP contribution is 2.38. The van der Waals surface area contributed by atoms with Gasteiger partial charge in [0.2, 0.25) is 0 Å². The van der Waals surface area contributed by atoms with Crippen molar-refractivity contribution in [2.24, 2.45) is 0 Å². The normalized spacial score (nSPS) is 9.95. The van der Waals surface area contributed by atoms with Crippen LogP contribution >= 0.6 is 11.6 Å². The molecule has 0 aliphatic carbocycles. The molecule has 0 aliphatic rings. The van der Waals surface area contributed by atoms with Crippen LogP contribution in [0.25, 0.3) is 0 Å². The molecule has 0 heterocycles. The lowest BCUT2D eigenvalue weighted by Crippen LogP contribution is -2.18. The average Bonchev–Trinajstić information content (AvgIpc) is 2.41. The molecule has 5 nitrogen and oxygen atoms in total. The fraction of sp³-hybridized carbons (Fsp3) is 0.385. The first-order valence-corrected chi connectivity index (χ1v) is 5.98. The Morgan fingerprint density at radius 1 is 1.26 bits per heavy atom. The highest BCUT2D eigenvalue weighted by molar-refractivity contribution is 6.43. The van der Waals surface area contributed by atoms with E-state index in [1.165, 1.54) is 20.3 Å². The van der Waals surface area contributed by atoms with E-state index in [0.29, 0.717) is 11.3 Å². The molecule has 0 aliphatic heterocycles. The molecule has 19 heavy (non-hydrogen) atoms. The highest BCUT2D eigenvalue weighted by Gasteiger charge is 2.26. The third kappa shape index (κ3) is 2.98. The molecule has 1 aromatic carbocycles. The van der Waals surface area contributed by atoms with Gasteiger partial charge in [0.1, 0.15) is 11.5 Å². The number of hydrogen-bond acceptors (Lipinski definition) is 5. The Bertz CT molecular complexity index is 510. The Morgan fingerprint density at radius 2 is 1.89 bits per heavy atom. The molecule has 0 radical (unpaired) electrons. The van der Waals surface area contributed by atoms with Crippen LogP contribution in [0.5, 0.6) is 11.5 Å². The monoisotopic (exact) mass is 286 g/mol. The van der Waals surface area contributed by atoms with E-state index in [1.807, 2.05) is 0 Å². The second-order valence-electron chi connectivity index (χ2n) is 3.65. The second-order valence-corrected chi connectivity index (χ2v) is 4.03. The standard InChI is InChI=1S/C13H15ClO5/c1-5-19-13(16)11(15)8-6-9(17-3)7(2)10(14)12(8)18-4/h6H,5H2,1-4H3. The third-order valence-corrected chi connectivity index (χ3v) is 3.00. The summed E-state index contributed by atoms with van der Waals surface area (Å²) in [6.45, 7) is 3.46. The van der Waals surface area contributed by atoms with Crippen LogP contribution in [0.4, 0.5) is 0 Å². The van der Waals surface area contributed by atoms with E-state index < -0.39 is 11.8 Å². The predicted octanol–water partition coefficient (Wildman–Crippen LogP) is 2.41. The number of carbonyl (C=O) groups excluding carboxylic acids is 2. The maximum Gasteiger partial charge on any atom is 0.379 e. The first kappa shape index (κ1) is 15.3. The molecule has 0 amide bonds. The van der Waals surface area contributed by atoms with Crippen molar-refractivity contribution in [2.75, 3.05) is 20.8 Å². The Balaban J connectivity index is 3.37. The summed E-state index contributed by atoms with van der Waals surface area (Å²) >= 11 is 6.10. The number of carbonyl (C=O) groups is 2. The zero-order chi connectivity index (χ0) is 14.6. The largest absolute Gasteiger partial charge is 0.496 e. The first-order valence-electron chi connectivity index (χ1n) is 5.60. The summed E-state index contributed by atoms with van der Waals surface area (Å²) in [7, 11) is 2.82. The number of halogens is 1. The van der Waals surface area contributed by atoms with Gasteiger partial charge in [-0.25, -0.2) is 4.79 Å². The van der Waals surface area contributed by atoms with Gasteiger partial charge in [0, 0.05) is 5.56 Å². The van der Waals surface area contributed by atoms with E-state index in [1.54, 1.807) is 13.8 Å². The van der Waals surface area contributed by atoms with Crippen LogP contribution in [0.3, 0.4) is 0 Å². The number of hydrogen-bond donors (Lipinski definition) is 0. The zero-order valence-corrected chi connectivity index (χ0v) is 12.0. The van der Waals surface area contributed by atoms with Crippen molar-refractivity contribution in [3.8, 4) is 11.5 Å².